The molecule has 0 aliphatic carbocycles. The average molecular weight is 260 g/mol. The summed E-state index contributed by atoms with van der Waals surface area (Å²) in [6.45, 7) is 7.72. The summed E-state index contributed by atoms with van der Waals surface area (Å²) in [5, 5.41) is 3.38. The van der Waals surface area contributed by atoms with Crippen LogP contribution in [0.3, 0.4) is 0 Å². The van der Waals surface area contributed by atoms with Gasteiger partial charge in [-0.15, -0.1) is 0 Å². The zero-order valence-corrected chi connectivity index (χ0v) is 11.7. The molecule has 3 atom stereocenters. The summed E-state index contributed by atoms with van der Waals surface area (Å²) in [6, 6.07) is 0.870. The van der Waals surface area contributed by atoms with Crippen molar-refractivity contribution in [2.24, 2.45) is 5.92 Å². The van der Waals surface area contributed by atoms with Crippen LogP contribution in [0.1, 0.15) is 26.7 Å². The highest BCUT2D eigenvalue weighted by molar-refractivity contribution is 7.91. The van der Waals surface area contributed by atoms with Crippen LogP contribution in [0, 0.1) is 5.92 Å². The summed E-state index contributed by atoms with van der Waals surface area (Å²) in [4.78, 5) is 2.50. The molecule has 0 spiro atoms. The largest absolute Gasteiger partial charge is 0.312 e. The molecule has 0 amide bonds. The van der Waals surface area contributed by atoms with Gasteiger partial charge in [0.2, 0.25) is 0 Å². The van der Waals surface area contributed by atoms with Gasteiger partial charge in [0.1, 0.15) is 0 Å². The second-order valence-corrected chi connectivity index (χ2v) is 7.97. The maximum absolute atomic E-state index is 11.3. The van der Waals surface area contributed by atoms with E-state index in [1.807, 2.05) is 0 Å². The third-order valence-electron chi connectivity index (χ3n) is 3.98. The molecular formula is C12H24N2O2S. The molecule has 2 saturated heterocycles. The smallest absolute Gasteiger partial charge is 0.151 e. The molecule has 0 aromatic rings. The molecular weight excluding hydrogens is 236 g/mol. The Morgan fingerprint density at radius 2 is 2.12 bits per heavy atom. The zero-order chi connectivity index (χ0) is 12.5. The minimum Gasteiger partial charge on any atom is -0.312 e. The first-order chi connectivity index (χ1) is 7.96. The second kappa shape index (κ2) is 5.24. The lowest BCUT2D eigenvalue weighted by molar-refractivity contribution is 0.261. The van der Waals surface area contributed by atoms with Crippen molar-refractivity contribution in [3.05, 3.63) is 0 Å². The number of nitrogens with zero attached hydrogens (tertiary/aromatic N) is 1. The van der Waals surface area contributed by atoms with E-state index in [2.05, 4.69) is 24.1 Å². The maximum Gasteiger partial charge on any atom is 0.151 e. The molecule has 0 aromatic heterocycles. The average Bonchev–Trinajstić information content (AvgIpc) is 2.71. The van der Waals surface area contributed by atoms with Gasteiger partial charge in [0, 0.05) is 31.7 Å². The fraction of sp³-hybridized carbons (Fsp3) is 1.00. The Morgan fingerprint density at radius 3 is 2.65 bits per heavy atom. The summed E-state index contributed by atoms with van der Waals surface area (Å²) in [5.74, 6) is 1.50. The Morgan fingerprint density at radius 1 is 1.35 bits per heavy atom. The zero-order valence-electron chi connectivity index (χ0n) is 10.9. The molecule has 2 aliphatic heterocycles. The molecule has 1 N–H and O–H groups in total. The van der Waals surface area contributed by atoms with Gasteiger partial charge in [0.15, 0.2) is 9.84 Å². The summed E-state index contributed by atoms with van der Waals surface area (Å²) in [7, 11) is -2.74. The highest BCUT2D eigenvalue weighted by Crippen LogP contribution is 2.21. The molecule has 0 radical (unpaired) electrons. The first-order valence-electron chi connectivity index (χ1n) is 6.64. The van der Waals surface area contributed by atoms with Gasteiger partial charge in [0.25, 0.3) is 0 Å². The Kier molecular flexibility index (Phi) is 4.10. The van der Waals surface area contributed by atoms with Gasteiger partial charge in [-0.05, 0) is 25.7 Å². The number of sulfone groups is 1. The van der Waals surface area contributed by atoms with Crippen LogP contribution in [-0.4, -0.2) is 56.5 Å². The van der Waals surface area contributed by atoms with Crippen LogP contribution in [-0.2, 0) is 9.84 Å². The molecule has 2 fully saturated rings. The molecule has 0 bridgehead atoms. The van der Waals surface area contributed by atoms with E-state index in [0.717, 1.165) is 25.4 Å². The van der Waals surface area contributed by atoms with Crippen LogP contribution in [0.4, 0.5) is 0 Å². The van der Waals surface area contributed by atoms with Crippen molar-refractivity contribution in [1.29, 1.82) is 0 Å². The molecule has 0 saturated carbocycles. The van der Waals surface area contributed by atoms with Crippen molar-refractivity contribution < 1.29 is 8.42 Å². The van der Waals surface area contributed by atoms with Gasteiger partial charge in [-0.25, -0.2) is 8.42 Å². The van der Waals surface area contributed by atoms with Crippen molar-refractivity contribution in [3.63, 3.8) is 0 Å². The Bertz CT molecular complexity index is 356. The number of hydrogen-bond acceptors (Lipinski definition) is 4. The SMILES string of the molecule is CC1CC(C)N(CCNC2CCS(=O)(=O)C2)C1. The first kappa shape index (κ1) is 13.3. The van der Waals surface area contributed by atoms with E-state index in [9.17, 15) is 8.42 Å². The van der Waals surface area contributed by atoms with Gasteiger partial charge in [-0.3, -0.25) is 4.90 Å². The van der Waals surface area contributed by atoms with Crippen LogP contribution < -0.4 is 5.32 Å². The molecule has 17 heavy (non-hydrogen) atoms. The van der Waals surface area contributed by atoms with Crippen LogP contribution >= 0.6 is 0 Å². The van der Waals surface area contributed by atoms with Gasteiger partial charge in [-0.2, -0.15) is 0 Å². The molecule has 2 heterocycles. The third kappa shape index (κ3) is 3.66. The molecule has 5 heteroatoms. The predicted octanol–water partition coefficient (Wildman–Crippen LogP) is 0.493. The van der Waals surface area contributed by atoms with E-state index < -0.39 is 9.84 Å². The van der Waals surface area contributed by atoms with Crippen molar-refractivity contribution >= 4 is 9.84 Å². The predicted molar refractivity (Wildman–Crippen MR) is 69.9 cm³/mol. The molecule has 3 unspecified atom stereocenters. The maximum atomic E-state index is 11.3. The van der Waals surface area contributed by atoms with Gasteiger partial charge in [-0.1, -0.05) is 6.92 Å². The monoisotopic (exact) mass is 260 g/mol. The minimum atomic E-state index is -2.74. The molecule has 2 rings (SSSR count). The fourth-order valence-corrected chi connectivity index (χ4v) is 4.77. The minimum absolute atomic E-state index is 0.190. The third-order valence-corrected chi connectivity index (χ3v) is 5.75. The van der Waals surface area contributed by atoms with Crippen molar-refractivity contribution in [2.75, 3.05) is 31.1 Å². The Hall–Kier alpha value is -0.130. The van der Waals surface area contributed by atoms with Crippen LogP contribution in [0.2, 0.25) is 0 Å². The van der Waals surface area contributed by atoms with E-state index in [1.54, 1.807) is 0 Å². The van der Waals surface area contributed by atoms with E-state index in [0.29, 0.717) is 17.5 Å². The summed E-state index contributed by atoms with van der Waals surface area (Å²) in [6.07, 6.45) is 2.08. The standard InChI is InChI=1S/C12H24N2O2S/c1-10-7-11(2)14(8-10)5-4-13-12-3-6-17(15,16)9-12/h10-13H,3-9H2,1-2H3. The van der Waals surface area contributed by atoms with E-state index in [4.69, 9.17) is 0 Å². The van der Waals surface area contributed by atoms with Gasteiger partial charge < -0.3 is 5.32 Å². The summed E-state index contributed by atoms with van der Waals surface area (Å²) in [5.41, 5.74) is 0. The highest BCUT2D eigenvalue weighted by atomic mass is 32.2. The van der Waals surface area contributed by atoms with E-state index in [-0.39, 0.29) is 6.04 Å². The van der Waals surface area contributed by atoms with E-state index >= 15 is 0 Å². The molecule has 0 aromatic carbocycles. The second-order valence-electron chi connectivity index (χ2n) is 5.74. The Labute approximate surface area is 105 Å². The molecule has 4 nitrogen and oxygen atoms in total. The number of rotatable bonds is 4. The normalized spacial score (nSPS) is 37.6. The van der Waals surface area contributed by atoms with Crippen molar-refractivity contribution in [1.82, 2.24) is 10.2 Å². The van der Waals surface area contributed by atoms with Crippen LogP contribution in [0.25, 0.3) is 0 Å². The highest BCUT2D eigenvalue weighted by Gasteiger charge is 2.28. The lowest BCUT2D eigenvalue weighted by Crippen LogP contribution is -2.39. The van der Waals surface area contributed by atoms with Crippen LogP contribution in [0.15, 0.2) is 0 Å². The summed E-state index contributed by atoms with van der Waals surface area (Å²) >= 11 is 0. The van der Waals surface area contributed by atoms with Crippen molar-refractivity contribution in [2.45, 2.75) is 38.8 Å². The van der Waals surface area contributed by atoms with Gasteiger partial charge >= 0.3 is 0 Å². The lowest BCUT2D eigenvalue weighted by atomic mass is 10.1. The quantitative estimate of drug-likeness (QED) is 0.799. The number of nitrogens with one attached hydrogen (secondary N) is 1. The number of likely N-dealkylation sites (tertiary alicyclic amines) is 1. The van der Waals surface area contributed by atoms with E-state index in [1.165, 1.54) is 13.0 Å². The van der Waals surface area contributed by atoms with Crippen LogP contribution in [0.5, 0.6) is 0 Å². The fourth-order valence-electron chi connectivity index (χ4n) is 3.07. The lowest BCUT2D eigenvalue weighted by Gasteiger charge is -2.22. The topological polar surface area (TPSA) is 49.4 Å². The molecule has 2 aliphatic rings. The molecule has 100 valence electrons. The first-order valence-corrected chi connectivity index (χ1v) is 8.46. The van der Waals surface area contributed by atoms with Crippen molar-refractivity contribution in [3.8, 4) is 0 Å². The Balaban J connectivity index is 1.67. The van der Waals surface area contributed by atoms with Gasteiger partial charge in [0.05, 0.1) is 11.5 Å². The number of hydrogen-bond donors (Lipinski definition) is 1. The summed E-state index contributed by atoms with van der Waals surface area (Å²) < 4.78 is 22.6.